The van der Waals surface area contributed by atoms with Crippen molar-refractivity contribution in [3.8, 4) is 0 Å². The Kier molecular flexibility index (Phi) is 7.85. The van der Waals surface area contributed by atoms with Crippen LogP contribution in [0.25, 0.3) is 0 Å². The predicted octanol–water partition coefficient (Wildman–Crippen LogP) is 2.52. The molecule has 0 bridgehead atoms. The minimum atomic E-state index is -0.582. The molecule has 1 aromatic rings. The van der Waals surface area contributed by atoms with Crippen LogP contribution >= 0.6 is 15.9 Å². The fourth-order valence-corrected chi connectivity index (χ4v) is 1.37. The molecule has 16 heavy (non-hydrogen) atoms. The van der Waals surface area contributed by atoms with Crippen LogP contribution < -0.4 is 5.73 Å². The highest BCUT2D eigenvalue weighted by atomic mass is 79.9. The van der Waals surface area contributed by atoms with Gasteiger partial charge < -0.3 is 10.5 Å². The SMILES string of the molecule is CC.COC(=O)C(N)Cc1ccc(Br)cc1. The van der Waals surface area contributed by atoms with E-state index in [1.54, 1.807) is 0 Å². The molecule has 1 unspecified atom stereocenters. The van der Waals surface area contributed by atoms with E-state index < -0.39 is 6.04 Å². The van der Waals surface area contributed by atoms with Crippen LogP contribution in [0.4, 0.5) is 0 Å². The van der Waals surface area contributed by atoms with E-state index in [0.717, 1.165) is 10.0 Å². The van der Waals surface area contributed by atoms with Gasteiger partial charge in [0.1, 0.15) is 6.04 Å². The summed E-state index contributed by atoms with van der Waals surface area (Å²) in [5.74, 6) is -0.382. The maximum atomic E-state index is 11.0. The summed E-state index contributed by atoms with van der Waals surface area (Å²) in [5.41, 5.74) is 6.63. The average Bonchev–Trinajstić information content (AvgIpc) is 2.33. The summed E-state index contributed by atoms with van der Waals surface area (Å²) in [6.07, 6.45) is 0.500. The van der Waals surface area contributed by atoms with Gasteiger partial charge in [0.2, 0.25) is 0 Å². The summed E-state index contributed by atoms with van der Waals surface area (Å²) in [6, 6.07) is 7.10. The third-order valence-electron chi connectivity index (χ3n) is 1.87. The number of esters is 1. The first-order valence-corrected chi connectivity index (χ1v) is 6.00. The number of rotatable bonds is 3. The second-order valence-electron chi connectivity index (χ2n) is 2.96. The standard InChI is InChI=1S/C10H12BrNO2.C2H6/c1-14-10(13)9(12)6-7-2-4-8(11)5-3-7;1-2/h2-5,9H,6,12H2,1H3;1-2H3. The molecule has 0 saturated carbocycles. The van der Waals surface area contributed by atoms with Crippen molar-refractivity contribution in [1.29, 1.82) is 0 Å². The number of hydrogen-bond acceptors (Lipinski definition) is 3. The van der Waals surface area contributed by atoms with Gasteiger partial charge in [-0.15, -0.1) is 0 Å². The van der Waals surface area contributed by atoms with Gasteiger partial charge in [0.25, 0.3) is 0 Å². The molecule has 3 nitrogen and oxygen atoms in total. The summed E-state index contributed by atoms with van der Waals surface area (Å²) < 4.78 is 5.54. The normalized spacial score (nSPS) is 11.1. The topological polar surface area (TPSA) is 52.3 Å². The predicted molar refractivity (Wildman–Crippen MR) is 69.2 cm³/mol. The van der Waals surface area contributed by atoms with E-state index in [-0.39, 0.29) is 5.97 Å². The Morgan fingerprint density at radius 1 is 1.38 bits per heavy atom. The van der Waals surface area contributed by atoms with Crippen molar-refractivity contribution in [3.05, 3.63) is 34.3 Å². The van der Waals surface area contributed by atoms with Crippen LogP contribution in [-0.4, -0.2) is 19.1 Å². The lowest BCUT2D eigenvalue weighted by Crippen LogP contribution is -2.33. The van der Waals surface area contributed by atoms with Crippen molar-refractivity contribution >= 4 is 21.9 Å². The fraction of sp³-hybridized carbons (Fsp3) is 0.417. The maximum absolute atomic E-state index is 11.0. The highest BCUT2D eigenvalue weighted by molar-refractivity contribution is 9.10. The molecule has 0 heterocycles. The summed E-state index contributed by atoms with van der Waals surface area (Å²) in [4.78, 5) is 11.0. The number of methoxy groups -OCH3 is 1. The first-order chi connectivity index (χ1) is 7.63. The first-order valence-electron chi connectivity index (χ1n) is 5.21. The Labute approximate surface area is 105 Å². The van der Waals surface area contributed by atoms with Gasteiger partial charge >= 0.3 is 5.97 Å². The van der Waals surface area contributed by atoms with E-state index in [0.29, 0.717) is 6.42 Å². The molecule has 90 valence electrons. The van der Waals surface area contributed by atoms with Crippen LogP contribution in [0.5, 0.6) is 0 Å². The van der Waals surface area contributed by atoms with Gasteiger partial charge in [-0.05, 0) is 24.1 Å². The van der Waals surface area contributed by atoms with E-state index in [2.05, 4.69) is 20.7 Å². The minimum Gasteiger partial charge on any atom is -0.468 e. The van der Waals surface area contributed by atoms with Crippen molar-refractivity contribution in [3.63, 3.8) is 0 Å². The first kappa shape index (κ1) is 15.1. The maximum Gasteiger partial charge on any atom is 0.322 e. The summed E-state index contributed by atoms with van der Waals surface area (Å²) in [7, 11) is 1.34. The molecule has 0 fully saturated rings. The molecule has 0 spiro atoms. The van der Waals surface area contributed by atoms with Crippen LogP contribution in [0.1, 0.15) is 19.4 Å². The van der Waals surface area contributed by atoms with Gasteiger partial charge in [0.15, 0.2) is 0 Å². The van der Waals surface area contributed by atoms with Crippen LogP contribution in [0.15, 0.2) is 28.7 Å². The third kappa shape index (κ3) is 5.28. The van der Waals surface area contributed by atoms with Crippen molar-refractivity contribution in [2.75, 3.05) is 7.11 Å². The van der Waals surface area contributed by atoms with Crippen molar-refractivity contribution in [1.82, 2.24) is 0 Å². The number of carbonyl (C=O) groups excluding carboxylic acids is 1. The number of hydrogen-bond donors (Lipinski definition) is 1. The highest BCUT2D eigenvalue weighted by Gasteiger charge is 2.13. The quantitative estimate of drug-likeness (QED) is 0.869. The molecule has 0 radical (unpaired) electrons. The van der Waals surface area contributed by atoms with Gasteiger partial charge in [-0.25, -0.2) is 0 Å². The van der Waals surface area contributed by atoms with E-state index in [4.69, 9.17) is 5.73 Å². The fourth-order valence-electron chi connectivity index (χ4n) is 1.11. The zero-order chi connectivity index (χ0) is 12.6. The van der Waals surface area contributed by atoms with E-state index >= 15 is 0 Å². The average molecular weight is 288 g/mol. The molecule has 2 N–H and O–H groups in total. The molecular formula is C12H18BrNO2. The van der Waals surface area contributed by atoms with Gasteiger partial charge in [0, 0.05) is 4.47 Å². The lowest BCUT2D eigenvalue weighted by atomic mass is 10.1. The van der Waals surface area contributed by atoms with Crippen LogP contribution in [0.2, 0.25) is 0 Å². The smallest absolute Gasteiger partial charge is 0.322 e. The second-order valence-corrected chi connectivity index (χ2v) is 3.88. The molecule has 1 aromatic carbocycles. The molecule has 4 heteroatoms. The molecule has 0 saturated heterocycles. The van der Waals surface area contributed by atoms with Crippen molar-refractivity contribution in [2.45, 2.75) is 26.3 Å². The van der Waals surface area contributed by atoms with Crippen LogP contribution in [0.3, 0.4) is 0 Å². The number of nitrogens with two attached hydrogens (primary N) is 1. The zero-order valence-electron chi connectivity index (χ0n) is 9.87. The second kappa shape index (κ2) is 8.30. The molecular weight excluding hydrogens is 270 g/mol. The molecule has 1 rings (SSSR count). The summed E-state index contributed by atoms with van der Waals surface area (Å²) >= 11 is 3.33. The summed E-state index contributed by atoms with van der Waals surface area (Å²) in [5, 5.41) is 0. The van der Waals surface area contributed by atoms with E-state index in [9.17, 15) is 4.79 Å². The lowest BCUT2D eigenvalue weighted by Gasteiger charge is -2.08. The number of carbonyl (C=O) groups is 1. The summed E-state index contributed by atoms with van der Waals surface area (Å²) in [6.45, 7) is 4.00. The van der Waals surface area contributed by atoms with Crippen LogP contribution in [-0.2, 0) is 16.0 Å². The minimum absolute atomic E-state index is 0.382. The van der Waals surface area contributed by atoms with E-state index in [1.165, 1.54) is 7.11 Å². The Morgan fingerprint density at radius 2 is 1.88 bits per heavy atom. The molecule has 0 aliphatic heterocycles. The molecule has 0 aliphatic rings. The van der Waals surface area contributed by atoms with Gasteiger partial charge in [-0.1, -0.05) is 41.9 Å². The van der Waals surface area contributed by atoms with Crippen LogP contribution in [0, 0.1) is 0 Å². The lowest BCUT2D eigenvalue weighted by molar-refractivity contribution is -0.142. The van der Waals surface area contributed by atoms with Gasteiger partial charge in [-0.2, -0.15) is 0 Å². The Morgan fingerprint density at radius 3 is 2.31 bits per heavy atom. The third-order valence-corrected chi connectivity index (χ3v) is 2.40. The number of halogens is 1. The Bertz CT molecular complexity index is 311. The largest absolute Gasteiger partial charge is 0.468 e. The molecule has 0 aliphatic carbocycles. The molecule has 0 amide bonds. The monoisotopic (exact) mass is 287 g/mol. The van der Waals surface area contributed by atoms with Crippen molar-refractivity contribution in [2.24, 2.45) is 5.73 Å². The van der Waals surface area contributed by atoms with E-state index in [1.807, 2.05) is 38.1 Å². The number of ether oxygens (including phenoxy) is 1. The van der Waals surface area contributed by atoms with Gasteiger partial charge in [0.05, 0.1) is 7.11 Å². The highest BCUT2D eigenvalue weighted by Crippen LogP contribution is 2.11. The Hall–Kier alpha value is -0.870. The Balaban J connectivity index is 0.00000106. The zero-order valence-corrected chi connectivity index (χ0v) is 11.5. The molecule has 1 atom stereocenters. The molecule has 0 aromatic heterocycles. The number of benzene rings is 1. The van der Waals surface area contributed by atoms with Gasteiger partial charge in [-0.3, -0.25) is 4.79 Å². The van der Waals surface area contributed by atoms with Crippen molar-refractivity contribution < 1.29 is 9.53 Å².